The number of fused-ring (bicyclic) bond motifs is 1. The Labute approximate surface area is 163 Å². The minimum absolute atomic E-state index is 0.105. The molecule has 0 aliphatic carbocycles. The number of amides is 2. The van der Waals surface area contributed by atoms with Gasteiger partial charge in [0.15, 0.2) is 6.61 Å². The predicted octanol–water partition coefficient (Wildman–Crippen LogP) is 1.81. The molecule has 0 unspecified atom stereocenters. The lowest BCUT2D eigenvalue weighted by Crippen LogP contribution is -2.47. The molecule has 1 aliphatic rings. The van der Waals surface area contributed by atoms with Crippen LogP contribution < -0.4 is 10.1 Å². The Hall–Kier alpha value is -2.28. The van der Waals surface area contributed by atoms with Gasteiger partial charge in [-0.3, -0.25) is 14.4 Å². The van der Waals surface area contributed by atoms with Crippen LogP contribution in [-0.2, 0) is 25.5 Å². The summed E-state index contributed by atoms with van der Waals surface area (Å²) < 4.78 is 10.7. The molecule has 1 N–H and O–H groups in total. The van der Waals surface area contributed by atoms with Gasteiger partial charge in [0.1, 0.15) is 12.4 Å². The van der Waals surface area contributed by atoms with Gasteiger partial charge in [-0.1, -0.05) is 11.6 Å². The van der Waals surface area contributed by atoms with Gasteiger partial charge in [0.05, 0.1) is 12.5 Å². The Kier molecular flexibility index (Phi) is 6.70. The fraction of sp³-hybridized carbons (Fsp3) is 0.526. The summed E-state index contributed by atoms with van der Waals surface area (Å²) in [5.41, 5.74) is 0.450. The highest BCUT2D eigenvalue weighted by atomic mass is 35.5. The molecule has 0 fully saturated rings. The number of esters is 1. The van der Waals surface area contributed by atoms with Crippen molar-refractivity contribution < 1.29 is 23.9 Å². The van der Waals surface area contributed by atoms with Gasteiger partial charge in [-0.25, -0.2) is 0 Å². The van der Waals surface area contributed by atoms with Crippen molar-refractivity contribution >= 4 is 29.4 Å². The van der Waals surface area contributed by atoms with Crippen molar-refractivity contribution in [1.82, 2.24) is 10.2 Å². The second kappa shape index (κ2) is 8.61. The molecule has 1 aromatic carbocycles. The quantitative estimate of drug-likeness (QED) is 0.767. The van der Waals surface area contributed by atoms with E-state index in [4.69, 9.17) is 21.1 Å². The standard InChI is InChI=1S/C19H25ClN2O5/c1-19(2,3)21-16(23)9-22(4)17(24)11-27-18(25)13-7-12-8-14(20)5-6-15(12)26-10-13/h5-6,8,13H,7,9-11H2,1-4H3,(H,21,23)/t13-/m1/s1. The van der Waals surface area contributed by atoms with Crippen molar-refractivity contribution in [2.24, 2.45) is 5.92 Å². The van der Waals surface area contributed by atoms with Crippen molar-refractivity contribution in [2.75, 3.05) is 26.8 Å². The fourth-order valence-electron chi connectivity index (χ4n) is 2.64. The second-order valence-electron chi connectivity index (χ2n) is 7.62. The third-order valence-electron chi connectivity index (χ3n) is 3.92. The smallest absolute Gasteiger partial charge is 0.313 e. The van der Waals surface area contributed by atoms with Crippen LogP contribution in [0.3, 0.4) is 0 Å². The van der Waals surface area contributed by atoms with E-state index in [1.54, 1.807) is 18.2 Å². The Morgan fingerprint density at radius 3 is 2.70 bits per heavy atom. The predicted molar refractivity (Wildman–Crippen MR) is 101 cm³/mol. The zero-order chi connectivity index (χ0) is 20.2. The maximum atomic E-state index is 12.2. The highest BCUT2D eigenvalue weighted by molar-refractivity contribution is 6.30. The van der Waals surface area contributed by atoms with Crippen LogP contribution in [0.2, 0.25) is 5.02 Å². The molecule has 1 heterocycles. The minimum atomic E-state index is -0.512. The second-order valence-corrected chi connectivity index (χ2v) is 8.06. The molecule has 2 rings (SSSR count). The highest BCUT2D eigenvalue weighted by Gasteiger charge is 2.28. The number of likely N-dealkylation sites (N-methyl/N-ethyl adjacent to an activating group) is 1. The Bertz CT molecular complexity index is 729. The van der Waals surface area contributed by atoms with E-state index < -0.39 is 24.4 Å². The maximum Gasteiger partial charge on any atom is 0.313 e. The van der Waals surface area contributed by atoms with E-state index in [1.807, 2.05) is 20.8 Å². The summed E-state index contributed by atoms with van der Waals surface area (Å²) in [4.78, 5) is 37.4. The monoisotopic (exact) mass is 396 g/mol. The molecule has 27 heavy (non-hydrogen) atoms. The first-order chi connectivity index (χ1) is 12.5. The number of nitrogens with one attached hydrogen (secondary N) is 1. The van der Waals surface area contributed by atoms with Gasteiger partial charge in [-0.2, -0.15) is 0 Å². The first-order valence-corrected chi connectivity index (χ1v) is 9.06. The van der Waals surface area contributed by atoms with E-state index in [9.17, 15) is 14.4 Å². The van der Waals surface area contributed by atoms with Crippen LogP contribution in [-0.4, -0.2) is 55.0 Å². The van der Waals surface area contributed by atoms with E-state index >= 15 is 0 Å². The number of halogens is 1. The van der Waals surface area contributed by atoms with Gasteiger partial charge in [0, 0.05) is 17.6 Å². The molecule has 8 heteroatoms. The summed E-state index contributed by atoms with van der Waals surface area (Å²) in [5, 5.41) is 3.33. The Morgan fingerprint density at radius 1 is 1.33 bits per heavy atom. The number of hydrogen-bond donors (Lipinski definition) is 1. The normalized spacial score (nSPS) is 16.0. The highest BCUT2D eigenvalue weighted by Crippen LogP contribution is 2.30. The molecule has 0 saturated heterocycles. The topological polar surface area (TPSA) is 84.9 Å². The zero-order valence-corrected chi connectivity index (χ0v) is 16.8. The maximum absolute atomic E-state index is 12.2. The third-order valence-corrected chi connectivity index (χ3v) is 4.16. The lowest BCUT2D eigenvalue weighted by molar-refractivity contribution is -0.156. The van der Waals surface area contributed by atoms with Crippen LogP contribution in [0.5, 0.6) is 5.75 Å². The Balaban J connectivity index is 1.81. The van der Waals surface area contributed by atoms with Crippen LogP contribution in [0, 0.1) is 5.92 Å². The summed E-state index contributed by atoms with van der Waals surface area (Å²) >= 11 is 5.97. The van der Waals surface area contributed by atoms with Crippen LogP contribution in [0.15, 0.2) is 18.2 Å². The number of hydrogen-bond acceptors (Lipinski definition) is 5. The van der Waals surface area contributed by atoms with E-state index in [0.717, 1.165) is 5.56 Å². The van der Waals surface area contributed by atoms with Crippen LogP contribution in [0.25, 0.3) is 0 Å². The molecule has 0 radical (unpaired) electrons. The van der Waals surface area contributed by atoms with E-state index in [2.05, 4.69) is 5.32 Å². The van der Waals surface area contributed by atoms with E-state index in [-0.39, 0.29) is 24.6 Å². The molecule has 2 amide bonds. The first kappa shape index (κ1) is 21.0. The van der Waals surface area contributed by atoms with Crippen molar-refractivity contribution in [1.29, 1.82) is 0 Å². The summed E-state index contributed by atoms with van der Waals surface area (Å²) in [7, 11) is 1.49. The largest absolute Gasteiger partial charge is 0.492 e. The summed E-state index contributed by atoms with van der Waals surface area (Å²) in [6.07, 6.45) is 0.437. The summed E-state index contributed by atoms with van der Waals surface area (Å²) in [6, 6.07) is 5.24. The van der Waals surface area contributed by atoms with Gasteiger partial charge < -0.3 is 19.7 Å². The first-order valence-electron chi connectivity index (χ1n) is 8.68. The van der Waals surface area contributed by atoms with Gasteiger partial charge in [0.2, 0.25) is 5.91 Å². The minimum Gasteiger partial charge on any atom is -0.492 e. The van der Waals surface area contributed by atoms with E-state index in [1.165, 1.54) is 11.9 Å². The number of nitrogens with zero attached hydrogens (tertiary/aromatic N) is 1. The molecule has 7 nitrogen and oxygen atoms in total. The number of carbonyl (C=O) groups excluding carboxylic acids is 3. The Morgan fingerprint density at radius 2 is 2.04 bits per heavy atom. The molecule has 0 aromatic heterocycles. The number of benzene rings is 1. The molecule has 0 bridgehead atoms. The van der Waals surface area contributed by atoms with Crippen LogP contribution in [0.1, 0.15) is 26.3 Å². The molecule has 1 aromatic rings. The van der Waals surface area contributed by atoms with Crippen LogP contribution in [0.4, 0.5) is 0 Å². The lowest BCUT2D eigenvalue weighted by Gasteiger charge is -2.25. The van der Waals surface area contributed by atoms with Gasteiger partial charge >= 0.3 is 5.97 Å². The van der Waals surface area contributed by atoms with Gasteiger partial charge in [-0.05, 0) is 51.0 Å². The molecular weight excluding hydrogens is 372 g/mol. The zero-order valence-electron chi connectivity index (χ0n) is 16.0. The molecule has 148 valence electrons. The van der Waals surface area contributed by atoms with Gasteiger partial charge in [0.25, 0.3) is 5.91 Å². The molecule has 1 aliphatic heterocycles. The molecule has 0 spiro atoms. The van der Waals surface area contributed by atoms with Gasteiger partial charge in [-0.15, -0.1) is 0 Å². The third kappa shape index (κ3) is 6.43. The summed E-state index contributed by atoms with van der Waals surface area (Å²) in [6.45, 7) is 5.22. The molecular formula is C19H25ClN2O5. The molecule has 1 atom stereocenters. The van der Waals surface area contributed by atoms with Crippen LogP contribution >= 0.6 is 11.6 Å². The number of ether oxygens (including phenoxy) is 2. The SMILES string of the molecule is CN(CC(=O)NC(C)(C)C)C(=O)COC(=O)[C@H]1COc2ccc(Cl)cc2C1. The average Bonchev–Trinajstić information content (AvgIpc) is 2.56. The average molecular weight is 397 g/mol. The lowest BCUT2D eigenvalue weighted by atomic mass is 9.97. The molecule has 0 saturated carbocycles. The van der Waals surface area contributed by atoms with Crippen molar-refractivity contribution in [3.05, 3.63) is 28.8 Å². The number of rotatable bonds is 5. The summed E-state index contributed by atoms with van der Waals surface area (Å²) in [5.74, 6) is -1.05. The van der Waals surface area contributed by atoms with E-state index in [0.29, 0.717) is 17.2 Å². The van der Waals surface area contributed by atoms with Crippen molar-refractivity contribution in [3.63, 3.8) is 0 Å². The fourth-order valence-corrected chi connectivity index (χ4v) is 2.83. The van der Waals surface area contributed by atoms with Crippen molar-refractivity contribution in [2.45, 2.75) is 32.7 Å². The van der Waals surface area contributed by atoms with Crippen molar-refractivity contribution in [3.8, 4) is 5.75 Å². The number of carbonyl (C=O) groups is 3.